The van der Waals surface area contributed by atoms with E-state index in [1.807, 2.05) is 0 Å². The first-order chi connectivity index (χ1) is 11.6. The predicted molar refractivity (Wildman–Crippen MR) is 91.9 cm³/mol. The smallest absolute Gasteiger partial charge is 0.342 e. The van der Waals surface area contributed by atoms with Crippen molar-refractivity contribution in [2.45, 2.75) is 32.9 Å². The molecule has 1 aliphatic rings. The number of piperidine rings is 1. The van der Waals surface area contributed by atoms with E-state index in [4.69, 9.17) is 0 Å². The van der Waals surface area contributed by atoms with Gasteiger partial charge in [0.15, 0.2) is 0 Å². The van der Waals surface area contributed by atoms with Gasteiger partial charge in [-0.05, 0) is 31.0 Å². The minimum atomic E-state index is -4.51. The normalized spacial score (nSPS) is 18.4. The molecule has 0 aromatic heterocycles. The van der Waals surface area contributed by atoms with Crippen LogP contribution in [-0.4, -0.2) is 29.8 Å². The first-order valence-corrected chi connectivity index (χ1v) is 8.85. The molecule has 1 aromatic rings. The maximum atomic E-state index is 12.9. The summed E-state index contributed by atoms with van der Waals surface area (Å²) >= 11 is 2.87. The summed E-state index contributed by atoms with van der Waals surface area (Å²) in [5.41, 5.74) is -0.751. The van der Waals surface area contributed by atoms with E-state index in [-0.39, 0.29) is 27.9 Å². The predicted octanol–water partition coefficient (Wildman–Crippen LogP) is 4.30. The van der Waals surface area contributed by atoms with Crippen molar-refractivity contribution in [3.63, 3.8) is 0 Å². The Morgan fingerprint density at radius 1 is 1.32 bits per heavy atom. The van der Waals surface area contributed by atoms with Gasteiger partial charge in [-0.15, -0.1) is 0 Å². The number of hydrogen-bond acceptors (Lipinski definition) is 2. The van der Waals surface area contributed by atoms with E-state index in [2.05, 4.69) is 21.2 Å². The van der Waals surface area contributed by atoms with Crippen LogP contribution in [0.1, 0.15) is 32.3 Å². The molecule has 0 bridgehead atoms. The van der Waals surface area contributed by atoms with Gasteiger partial charge >= 0.3 is 6.18 Å². The minimum Gasteiger partial charge on any atom is -0.342 e. The van der Waals surface area contributed by atoms with E-state index >= 15 is 0 Å². The number of rotatable bonds is 3. The summed E-state index contributed by atoms with van der Waals surface area (Å²) in [5, 5.41) is 2.54. The highest BCUT2D eigenvalue weighted by molar-refractivity contribution is 9.10. The molecule has 4 nitrogen and oxygen atoms in total. The highest BCUT2D eigenvalue weighted by atomic mass is 79.9. The number of nitrogens with one attached hydrogen (secondary N) is 1. The van der Waals surface area contributed by atoms with Gasteiger partial charge in [0.2, 0.25) is 11.8 Å². The molecular weight excluding hydrogens is 401 g/mol. The van der Waals surface area contributed by atoms with E-state index in [1.165, 1.54) is 12.1 Å². The van der Waals surface area contributed by atoms with Gasteiger partial charge in [0.25, 0.3) is 0 Å². The Bertz CT molecular complexity index is 662. The zero-order chi connectivity index (χ0) is 18.8. The average molecular weight is 421 g/mol. The average Bonchev–Trinajstić information content (AvgIpc) is 2.54. The summed E-state index contributed by atoms with van der Waals surface area (Å²) in [6, 6.07) is 3.58. The number of amides is 2. The maximum Gasteiger partial charge on any atom is 0.417 e. The van der Waals surface area contributed by atoms with Crippen molar-refractivity contribution in [3.05, 3.63) is 28.2 Å². The van der Waals surface area contributed by atoms with Crippen LogP contribution in [0.3, 0.4) is 0 Å². The Hall–Kier alpha value is -1.57. The molecule has 0 unspecified atom stereocenters. The van der Waals surface area contributed by atoms with Crippen LogP contribution in [-0.2, 0) is 15.8 Å². The van der Waals surface area contributed by atoms with Crippen molar-refractivity contribution in [3.8, 4) is 0 Å². The van der Waals surface area contributed by atoms with Gasteiger partial charge in [-0.1, -0.05) is 29.8 Å². The number of carbonyl (C=O) groups excluding carboxylic acids is 2. The third-order valence-corrected chi connectivity index (χ3v) is 4.83. The van der Waals surface area contributed by atoms with Gasteiger partial charge in [-0.2, -0.15) is 13.2 Å². The lowest BCUT2D eigenvalue weighted by atomic mass is 9.96. The summed E-state index contributed by atoms with van der Waals surface area (Å²) in [5.74, 6) is -0.950. The fraction of sp³-hybridized carbons (Fsp3) is 0.529. The molecule has 0 aliphatic carbocycles. The van der Waals surface area contributed by atoms with Gasteiger partial charge in [0, 0.05) is 29.2 Å². The number of carbonyl (C=O) groups is 2. The largest absolute Gasteiger partial charge is 0.417 e. The monoisotopic (exact) mass is 420 g/mol. The van der Waals surface area contributed by atoms with Gasteiger partial charge in [0.1, 0.15) is 0 Å². The van der Waals surface area contributed by atoms with Crippen molar-refractivity contribution in [2.24, 2.45) is 11.8 Å². The molecule has 138 valence electrons. The van der Waals surface area contributed by atoms with Crippen LogP contribution in [0.4, 0.5) is 18.9 Å². The first kappa shape index (κ1) is 19.8. The molecule has 1 aliphatic heterocycles. The van der Waals surface area contributed by atoms with Gasteiger partial charge in [0.05, 0.1) is 11.5 Å². The number of alkyl halides is 3. The number of hydrogen-bond donors (Lipinski definition) is 1. The molecule has 1 aromatic carbocycles. The summed E-state index contributed by atoms with van der Waals surface area (Å²) in [4.78, 5) is 26.1. The van der Waals surface area contributed by atoms with Crippen LogP contribution in [0.15, 0.2) is 22.7 Å². The molecule has 2 amide bonds. The zero-order valence-electron chi connectivity index (χ0n) is 14.0. The van der Waals surface area contributed by atoms with Crippen molar-refractivity contribution >= 4 is 33.4 Å². The number of nitrogens with zero attached hydrogens (tertiary/aromatic N) is 1. The Balaban J connectivity index is 2.08. The van der Waals surface area contributed by atoms with Crippen molar-refractivity contribution in [1.29, 1.82) is 0 Å². The van der Waals surface area contributed by atoms with Gasteiger partial charge < -0.3 is 10.2 Å². The maximum absolute atomic E-state index is 12.9. The van der Waals surface area contributed by atoms with Crippen LogP contribution in [0.5, 0.6) is 0 Å². The fourth-order valence-corrected chi connectivity index (χ4v) is 3.29. The molecular formula is C17H20BrF3N2O2. The van der Waals surface area contributed by atoms with E-state index in [0.29, 0.717) is 25.9 Å². The lowest BCUT2D eigenvalue weighted by Gasteiger charge is -2.33. The fourth-order valence-electron chi connectivity index (χ4n) is 2.82. The summed E-state index contributed by atoms with van der Waals surface area (Å²) in [6.45, 7) is 4.50. The second kappa shape index (κ2) is 7.76. The Morgan fingerprint density at radius 2 is 2.00 bits per heavy atom. The molecule has 1 fully saturated rings. The molecule has 0 spiro atoms. The SMILES string of the molecule is CC(C)C(=O)N1CCC[C@H](C(=O)Nc2ccc(Br)c(C(F)(F)F)c2)C1. The summed E-state index contributed by atoms with van der Waals surface area (Å²) < 4.78 is 38.8. The third-order valence-electron chi connectivity index (χ3n) is 4.14. The molecule has 0 radical (unpaired) electrons. The van der Waals surface area contributed by atoms with Gasteiger partial charge in [-0.25, -0.2) is 0 Å². The van der Waals surface area contributed by atoms with Crippen LogP contribution in [0, 0.1) is 11.8 Å². The molecule has 25 heavy (non-hydrogen) atoms. The van der Waals surface area contributed by atoms with E-state index in [9.17, 15) is 22.8 Å². The summed E-state index contributed by atoms with van der Waals surface area (Å²) in [6.07, 6.45) is -3.20. The summed E-state index contributed by atoms with van der Waals surface area (Å²) in [7, 11) is 0. The molecule has 2 rings (SSSR count). The van der Waals surface area contributed by atoms with Crippen molar-refractivity contribution in [1.82, 2.24) is 4.90 Å². The quantitative estimate of drug-likeness (QED) is 0.792. The third kappa shape index (κ3) is 4.96. The standard InChI is InChI=1S/C17H20BrF3N2O2/c1-10(2)16(25)23-7-3-4-11(9-23)15(24)22-12-5-6-14(18)13(8-12)17(19,20)21/h5-6,8,10-11H,3-4,7,9H2,1-2H3,(H,22,24)/t11-/m0/s1. The van der Waals surface area contributed by atoms with Crippen LogP contribution in [0.2, 0.25) is 0 Å². The highest BCUT2D eigenvalue weighted by Gasteiger charge is 2.34. The molecule has 1 atom stereocenters. The Labute approximate surface area is 152 Å². The molecule has 1 N–H and O–H groups in total. The molecule has 1 saturated heterocycles. The topological polar surface area (TPSA) is 49.4 Å². The van der Waals surface area contributed by atoms with Gasteiger partial charge in [-0.3, -0.25) is 9.59 Å². The Kier molecular flexibility index (Phi) is 6.13. The van der Waals surface area contributed by atoms with E-state index < -0.39 is 17.7 Å². The first-order valence-electron chi connectivity index (χ1n) is 8.06. The second-order valence-corrected chi connectivity index (χ2v) is 7.31. The van der Waals surface area contributed by atoms with E-state index in [0.717, 1.165) is 6.07 Å². The molecule has 0 saturated carbocycles. The highest BCUT2D eigenvalue weighted by Crippen LogP contribution is 2.36. The van der Waals surface area contributed by atoms with Crippen molar-refractivity contribution in [2.75, 3.05) is 18.4 Å². The number of benzene rings is 1. The van der Waals surface area contributed by atoms with Crippen molar-refractivity contribution < 1.29 is 22.8 Å². The minimum absolute atomic E-state index is 0.0134. The zero-order valence-corrected chi connectivity index (χ0v) is 15.6. The molecule has 1 heterocycles. The second-order valence-electron chi connectivity index (χ2n) is 6.46. The number of likely N-dealkylation sites (tertiary alicyclic amines) is 1. The number of halogens is 4. The lowest BCUT2D eigenvalue weighted by molar-refractivity contribution is -0.139. The number of anilines is 1. The van der Waals surface area contributed by atoms with Crippen LogP contribution in [0.25, 0.3) is 0 Å². The van der Waals surface area contributed by atoms with E-state index in [1.54, 1.807) is 18.7 Å². The van der Waals surface area contributed by atoms with Crippen LogP contribution < -0.4 is 5.32 Å². The lowest BCUT2D eigenvalue weighted by Crippen LogP contribution is -2.45. The van der Waals surface area contributed by atoms with Crippen LogP contribution >= 0.6 is 15.9 Å². The molecule has 8 heteroatoms. The Morgan fingerprint density at radius 3 is 2.60 bits per heavy atom.